The van der Waals surface area contributed by atoms with E-state index in [1.54, 1.807) is 14.2 Å². The number of para-hydroxylation sites is 2. The van der Waals surface area contributed by atoms with Gasteiger partial charge in [-0.2, -0.15) is 0 Å². The highest BCUT2D eigenvalue weighted by Crippen LogP contribution is 2.20. The molecule has 0 amide bonds. The van der Waals surface area contributed by atoms with Crippen molar-refractivity contribution in [3.63, 3.8) is 0 Å². The molecule has 128 valence electrons. The summed E-state index contributed by atoms with van der Waals surface area (Å²) in [6.07, 6.45) is 0. The smallest absolute Gasteiger partial charge is 0.155 e. The van der Waals surface area contributed by atoms with Gasteiger partial charge >= 0.3 is 0 Å². The molecule has 3 rings (SSSR count). The normalized spacial score (nSPS) is 11.2. The molecule has 0 aliphatic rings. The molecule has 3 aromatic rings. The van der Waals surface area contributed by atoms with Crippen LogP contribution in [0.4, 0.5) is 0 Å². The van der Waals surface area contributed by atoms with Gasteiger partial charge in [0.1, 0.15) is 11.5 Å². The van der Waals surface area contributed by atoms with Gasteiger partial charge in [-0.1, -0.05) is 72.8 Å². The molecule has 0 aliphatic carbocycles. The van der Waals surface area contributed by atoms with Crippen LogP contribution in [0.2, 0.25) is 6.55 Å². The van der Waals surface area contributed by atoms with Gasteiger partial charge in [-0.25, -0.2) is 0 Å². The van der Waals surface area contributed by atoms with E-state index >= 15 is 0 Å². The lowest BCUT2D eigenvalue weighted by molar-refractivity contribution is 0.417. The molecule has 0 fully saturated rings. The third-order valence-electron chi connectivity index (χ3n) is 4.98. The summed E-state index contributed by atoms with van der Waals surface area (Å²) in [4.78, 5) is 0. The number of hydrogen-bond donors (Lipinski definition) is 0. The Labute approximate surface area is 151 Å². The molecule has 0 saturated carbocycles. The first-order valence-electron chi connectivity index (χ1n) is 8.46. The fourth-order valence-electron chi connectivity index (χ4n) is 3.68. The van der Waals surface area contributed by atoms with E-state index in [1.807, 2.05) is 24.3 Å². The molecule has 0 spiro atoms. The van der Waals surface area contributed by atoms with Gasteiger partial charge in [0.25, 0.3) is 0 Å². The van der Waals surface area contributed by atoms with Crippen LogP contribution in [0.15, 0.2) is 72.8 Å². The molecular weight excluding hydrogens is 324 g/mol. The van der Waals surface area contributed by atoms with Gasteiger partial charge in [0.15, 0.2) is 8.07 Å². The van der Waals surface area contributed by atoms with Gasteiger partial charge in [-0.05, 0) is 34.6 Å². The molecule has 25 heavy (non-hydrogen) atoms. The third kappa shape index (κ3) is 2.96. The van der Waals surface area contributed by atoms with Crippen molar-refractivity contribution in [1.29, 1.82) is 0 Å². The van der Waals surface area contributed by atoms with Gasteiger partial charge in [0, 0.05) is 0 Å². The SMILES string of the molecule is COc1ccccc1[Si](C)(c1ccccc1C)c1ccccc1OC. The molecule has 0 aromatic heterocycles. The molecule has 3 aromatic carbocycles. The second-order valence-electron chi connectivity index (χ2n) is 6.34. The second-order valence-corrected chi connectivity index (χ2v) is 10.2. The van der Waals surface area contributed by atoms with Crippen LogP contribution < -0.4 is 25.0 Å². The largest absolute Gasteiger partial charge is 0.497 e. The fourth-order valence-corrected chi connectivity index (χ4v) is 8.07. The summed E-state index contributed by atoms with van der Waals surface area (Å²) in [5.41, 5.74) is 1.30. The zero-order chi connectivity index (χ0) is 17.9. The van der Waals surface area contributed by atoms with Crippen molar-refractivity contribution in [2.45, 2.75) is 13.5 Å². The summed E-state index contributed by atoms with van der Waals surface area (Å²) >= 11 is 0. The lowest BCUT2D eigenvalue weighted by Gasteiger charge is -2.33. The molecule has 0 bridgehead atoms. The van der Waals surface area contributed by atoms with Crippen LogP contribution in [0.25, 0.3) is 0 Å². The molecule has 0 N–H and O–H groups in total. The number of methoxy groups -OCH3 is 2. The Morgan fingerprint density at radius 2 is 1.00 bits per heavy atom. The Hall–Kier alpha value is -2.52. The van der Waals surface area contributed by atoms with Crippen molar-refractivity contribution < 1.29 is 9.47 Å². The minimum Gasteiger partial charge on any atom is -0.497 e. The molecule has 0 radical (unpaired) electrons. The summed E-state index contributed by atoms with van der Waals surface area (Å²) in [6, 6.07) is 25.4. The first-order valence-corrected chi connectivity index (χ1v) is 11.0. The summed E-state index contributed by atoms with van der Waals surface area (Å²) < 4.78 is 11.5. The molecule has 0 atom stereocenters. The first-order chi connectivity index (χ1) is 12.1. The first kappa shape index (κ1) is 17.3. The molecule has 0 unspecified atom stereocenters. The van der Waals surface area contributed by atoms with E-state index in [1.165, 1.54) is 21.1 Å². The van der Waals surface area contributed by atoms with E-state index < -0.39 is 8.07 Å². The minimum atomic E-state index is -2.30. The van der Waals surface area contributed by atoms with Crippen molar-refractivity contribution in [3.05, 3.63) is 78.4 Å². The third-order valence-corrected chi connectivity index (χ3v) is 9.59. The maximum Gasteiger partial charge on any atom is 0.155 e. The van der Waals surface area contributed by atoms with Crippen LogP contribution in [-0.4, -0.2) is 22.3 Å². The van der Waals surface area contributed by atoms with E-state index in [-0.39, 0.29) is 0 Å². The van der Waals surface area contributed by atoms with Crippen molar-refractivity contribution >= 4 is 23.6 Å². The lowest BCUT2D eigenvalue weighted by Crippen LogP contribution is -2.65. The average molecular weight is 349 g/mol. The predicted molar refractivity (Wildman–Crippen MR) is 108 cm³/mol. The highest BCUT2D eigenvalue weighted by Gasteiger charge is 2.39. The zero-order valence-corrected chi connectivity index (χ0v) is 16.2. The fraction of sp³-hybridized carbons (Fsp3) is 0.182. The summed E-state index contributed by atoms with van der Waals surface area (Å²) in [7, 11) is 1.18. The van der Waals surface area contributed by atoms with Crippen molar-refractivity contribution in [3.8, 4) is 11.5 Å². The molecule has 0 aliphatic heterocycles. The number of ether oxygens (including phenoxy) is 2. The topological polar surface area (TPSA) is 18.5 Å². The minimum absolute atomic E-state index is 0.936. The van der Waals surface area contributed by atoms with Crippen LogP contribution >= 0.6 is 0 Å². The Morgan fingerprint density at radius 1 is 0.600 bits per heavy atom. The van der Waals surface area contributed by atoms with E-state index in [4.69, 9.17) is 9.47 Å². The maximum absolute atomic E-state index is 5.74. The monoisotopic (exact) mass is 348 g/mol. The Bertz CT molecular complexity index is 826. The van der Waals surface area contributed by atoms with E-state index in [2.05, 4.69) is 62.0 Å². The Kier molecular flexibility index (Phi) is 4.95. The quantitative estimate of drug-likeness (QED) is 0.521. The lowest BCUT2D eigenvalue weighted by atomic mass is 10.2. The number of benzene rings is 3. The summed E-state index contributed by atoms with van der Waals surface area (Å²) in [5, 5.41) is 3.90. The highest BCUT2D eigenvalue weighted by molar-refractivity contribution is 7.11. The Balaban J connectivity index is 2.39. The van der Waals surface area contributed by atoms with Crippen LogP contribution in [0.3, 0.4) is 0 Å². The number of hydrogen-bond acceptors (Lipinski definition) is 2. The maximum atomic E-state index is 5.74. The second kappa shape index (κ2) is 7.15. The predicted octanol–water partition coefficient (Wildman–Crippen LogP) is 3.11. The van der Waals surface area contributed by atoms with Gasteiger partial charge in [-0.3, -0.25) is 0 Å². The van der Waals surface area contributed by atoms with Gasteiger partial charge in [0.05, 0.1) is 14.2 Å². The van der Waals surface area contributed by atoms with E-state index in [9.17, 15) is 0 Å². The zero-order valence-electron chi connectivity index (χ0n) is 15.2. The van der Waals surface area contributed by atoms with Crippen LogP contribution in [0.5, 0.6) is 11.5 Å². The Morgan fingerprint density at radius 3 is 1.44 bits per heavy atom. The van der Waals surface area contributed by atoms with Crippen LogP contribution in [-0.2, 0) is 0 Å². The van der Waals surface area contributed by atoms with Gasteiger partial charge in [-0.15, -0.1) is 0 Å². The van der Waals surface area contributed by atoms with Crippen molar-refractivity contribution in [1.82, 2.24) is 0 Å². The average Bonchev–Trinajstić information content (AvgIpc) is 2.67. The number of aryl methyl sites for hydroxylation is 1. The summed E-state index contributed by atoms with van der Waals surface area (Å²) in [6.45, 7) is 4.57. The van der Waals surface area contributed by atoms with Crippen LogP contribution in [0.1, 0.15) is 5.56 Å². The van der Waals surface area contributed by atoms with Crippen LogP contribution in [0, 0.1) is 6.92 Å². The number of rotatable bonds is 5. The standard InChI is InChI=1S/C22H24O2Si/c1-17-11-5-8-14-20(17)25(4,21-15-9-6-12-18(21)23-2)22-16-10-7-13-19(22)24-3/h5-16H,1-4H3. The van der Waals surface area contributed by atoms with E-state index in [0.29, 0.717) is 0 Å². The van der Waals surface area contributed by atoms with Crippen molar-refractivity contribution in [2.24, 2.45) is 0 Å². The molecule has 0 saturated heterocycles. The molecular formula is C22H24O2Si. The molecule has 2 nitrogen and oxygen atoms in total. The molecule has 3 heteroatoms. The molecule has 0 heterocycles. The van der Waals surface area contributed by atoms with Gasteiger partial charge < -0.3 is 9.47 Å². The summed E-state index contributed by atoms with van der Waals surface area (Å²) in [5.74, 6) is 1.87. The van der Waals surface area contributed by atoms with Crippen molar-refractivity contribution in [2.75, 3.05) is 14.2 Å². The van der Waals surface area contributed by atoms with E-state index in [0.717, 1.165) is 11.5 Å². The van der Waals surface area contributed by atoms with Gasteiger partial charge in [0.2, 0.25) is 0 Å². The highest BCUT2D eigenvalue weighted by atomic mass is 28.3.